The van der Waals surface area contributed by atoms with E-state index in [0.717, 1.165) is 63.9 Å². The van der Waals surface area contributed by atoms with Crippen molar-refractivity contribution in [3.8, 4) is 0 Å². The number of aromatic nitrogens is 2. The highest BCUT2D eigenvalue weighted by Crippen LogP contribution is 2.29. The Morgan fingerprint density at radius 2 is 1.79 bits per heavy atom. The van der Waals surface area contributed by atoms with Crippen molar-refractivity contribution in [1.82, 2.24) is 15.3 Å². The fourth-order valence-corrected chi connectivity index (χ4v) is 5.56. The predicted octanol–water partition coefficient (Wildman–Crippen LogP) is 5.31. The lowest BCUT2D eigenvalue weighted by Crippen LogP contribution is -2.34. The summed E-state index contributed by atoms with van der Waals surface area (Å²) in [5, 5.41) is 8.91. The standard InChI is InChI=1S/C26H29N5OS/c1-31(2)24-20-8-4-5-9-21(20)29-26(30-24)28-19-13-11-17(12-14-19)16-27-25(32)23-15-18-7-3-6-10-22(18)33-23/h3-10,15,17,19H,11-14,16H2,1-2H3,(H,27,32)(H,28,29,30)/t17-,19+. The normalized spacial score (nSPS) is 18.4. The van der Waals surface area contributed by atoms with Crippen LogP contribution in [0.15, 0.2) is 54.6 Å². The quantitative estimate of drug-likeness (QED) is 0.409. The van der Waals surface area contributed by atoms with Gasteiger partial charge in [-0.3, -0.25) is 4.79 Å². The van der Waals surface area contributed by atoms with Gasteiger partial charge >= 0.3 is 0 Å². The minimum atomic E-state index is 0.0391. The zero-order valence-electron chi connectivity index (χ0n) is 19.0. The minimum Gasteiger partial charge on any atom is -0.362 e. The topological polar surface area (TPSA) is 70.2 Å². The molecule has 1 amide bonds. The molecule has 7 heteroatoms. The lowest BCUT2D eigenvalue weighted by Gasteiger charge is -2.29. The summed E-state index contributed by atoms with van der Waals surface area (Å²) < 4.78 is 1.16. The van der Waals surface area contributed by atoms with Crippen molar-refractivity contribution in [2.24, 2.45) is 5.92 Å². The number of para-hydroxylation sites is 1. The molecule has 0 atom stereocenters. The molecule has 0 bridgehead atoms. The highest BCUT2D eigenvalue weighted by atomic mass is 32.1. The van der Waals surface area contributed by atoms with E-state index in [1.165, 1.54) is 0 Å². The molecular weight excluding hydrogens is 430 g/mol. The number of fused-ring (bicyclic) bond motifs is 2. The van der Waals surface area contributed by atoms with Gasteiger partial charge in [-0.25, -0.2) is 4.98 Å². The summed E-state index contributed by atoms with van der Waals surface area (Å²) >= 11 is 1.56. The Hall–Kier alpha value is -3.19. The lowest BCUT2D eigenvalue weighted by atomic mass is 9.86. The van der Waals surface area contributed by atoms with E-state index < -0.39 is 0 Å². The van der Waals surface area contributed by atoms with Crippen molar-refractivity contribution in [2.75, 3.05) is 30.9 Å². The van der Waals surface area contributed by atoms with Crippen LogP contribution in [0.4, 0.5) is 11.8 Å². The highest BCUT2D eigenvalue weighted by molar-refractivity contribution is 7.20. The Morgan fingerprint density at radius 3 is 2.58 bits per heavy atom. The number of amides is 1. The zero-order valence-corrected chi connectivity index (χ0v) is 19.9. The van der Waals surface area contributed by atoms with Crippen molar-refractivity contribution < 1.29 is 4.79 Å². The first kappa shape index (κ1) is 21.6. The first-order chi connectivity index (χ1) is 16.1. The third-order valence-corrected chi connectivity index (χ3v) is 7.50. The number of anilines is 2. The number of nitrogens with one attached hydrogen (secondary N) is 2. The number of thiophene rings is 1. The molecule has 170 valence electrons. The largest absolute Gasteiger partial charge is 0.362 e. The van der Waals surface area contributed by atoms with Crippen molar-refractivity contribution >= 4 is 50.0 Å². The maximum atomic E-state index is 12.6. The van der Waals surface area contributed by atoms with E-state index >= 15 is 0 Å². The molecule has 0 aliphatic heterocycles. The second-order valence-electron chi connectivity index (χ2n) is 9.00. The number of nitrogens with zero attached hydrogens (tertiary/aromatic N) is 3. The van der Waals surface area contributed by atoms with Crippen LogP contribution in [0.5, 0.6) is 0 Å². The Balaban J connectivity index is 1.16. The van der Waals surface area contributed by atoms with Crippen LogP contribution < -0.4 is 15.5 Å². The van der Waals surface area contributed by atoms with Gasteiger partial charge in [0.2, 0.25) is 5.95 Å². The van der Waals surface area contributed by atoms with Crippen molar-refractivity contribution in [3.05, 3.63) is 59.5 Å². The van der Waals surface area contributed by atoms with Crippen LogP contribution in [0, 0.1) is 5.92 Å². The molecule has 0 spiro atoms. The van der Waals surface area contributed by atoms with Gasteiger partial charge in [0.25, 0.3) is 5.91 Å². The van der Waals surface area contributed by atoms with Crippen LogP contribution in [0.25, 0.3) is 21.0 Å². The molecule has 1 aliphatic rings. The van der Waals surface area contributed by atoms with Crippen LogP contribution in [-0.2, 0) is 0 Å². The zero-order chi connectivity index (χ0) is 22.8. The van der Waals surface area contributed by atoms with Crippen LogP contribution in [0.2, 0.25) is 0 Å². The summed E-state index contributed by atoms with van der Waals surface area (Å²) in [5.74, 6) is 2.17. The molecule has 2 heterocycles. The van der Waals surface area contributed by atoms with Gasteiger partial charge < -0.3 is 15.5 Å². The Morgan fingerprint density at radius 1 is 1.03 bits per heavy atom. The minimum absolute atomic E-state index is 0.0391. The number of rotatable bonds is 6. The summed E-state index contributed by atoms with van der Waals surface area (Å²) in [5.41, 5.74) is 0.955. The average molecular weight is 460 g/mol. The molecule has 5 rings (SSSR count). The first-order valence-electron chi connectivity index (χ1n) is 11.5. The predicted molar refractivity (Wildman–Crippen MR) is 137 cm³/mol. The first-order valence-corrected chi connectivity index (χ1v) is 12.4. The average Bonchev–Trinajstić information content (AvgIpc) is 3.27. The second kappa shape index (κ2) is 9.35. The fraction of sp³-hybridized carbons (Fsp3) is 0.346. The lowest BCUT2D eigenvalue weighted by molar-refractivity contribution is 0.0947. The molecule has 6 nitrogen and oxygen atoms in total. The van der Waals surface area contributed by atoms with E-state index in [2.05, 4.69) is 28.8 Å². The monoisotopic (exact) mass is 459 g/mol. The van der Waals surface area contributed by atoms with Gasteiger partial charge in [-0.1, -0.05) is 30.3 Å². The summed E-state index contributed by atoms with van der Waals surface area (Å²) in [6.45, 7) is 0.733. The summed E-state index contributed by atoms with van der Waals surface area (Å²) in [7, 11) is 4.02. The molecular formula is C26H29N5OS. The van der Waals surface area contributed by atoms with E-state index in [1.54, 1.807) is 11.3 Å². The number of carbonyl (C=O) groups is 1. The van der Waals surface area contributed by atoms with Gasteiger partial charge in [0.15, 0.2) is 0 Å². The molecule has 0 radical (unpaired) electrons. The molecule has 1 fully saturated rings. The summed E-state index contributed by atoms with van der Waals surface area (Å²) in [6, 6.07) is 18.6. The van der Waals surface area contributed by atoms with E-state index in [4.69, 9.17) is 9.97 Å². The highest BCUT2D eigenvalue weighted by Gasteiger charge is 2.23. The van der Waals surface area contributed by atoms with Crippen molar-refractivity contribution in [1.29, 1.82) is 0 Å². The third kappa shape index (κ3) is 4.78. The maximum Gasteiger partial charge on any atom is 0.261 e. The van der Waals surface area contributed by atoms with Crippen LogP contribution in [0.1, 0.15) is 35.4 Å². The number of hydrogen-bond acceptors (Lipinski definition) is 6. The van der Waals surface area contributed by atoms with Gasteiger partial charge in [0, 0.05) is 36.8 Å². The molecule has 2 N–H and O–H groups in total. The molecule has 0 saturated heterocycles. The van der Waals surface area contributed by atoms with Crippen molar-refractivity contribution in [2.45, 2.75) is 31.7 Å². The second-order valence-corrected chi connectivity index (χ2v) is 10.1. The summed E-state index contributed by atoms with van der Waals surface area (Å²) in [6.07, 6.45) is 4.27. The van der Waals surface area contributed by atoms with Crippen LogP contribution in [-0.4, -0.2) is 42.6 Å². The van der Waals surface area contributed by atoms with Gasteiger partial charge in [-0.05, 0) is 61.3 Å². The SMILES string of the molecule is CN(C)c1nc(N[C@H]2CC[C@@H](CNC(=O)c3cc4ccccc4s3)CC2)nc2ccccc12. The Labute approximate surface area is 198 Å². The Kier molecular flexibility index (Phi) is 6.13. The maximum absolute atomic E-state index is 12.6. The van der Waals surface area contributed by atoms with E-state index in [9.17, 15) is 4.79 Å². The summed E-state index contributed by atoms with van der Waals surface area (Å²) in [4.78, 5) is 25.0. The van der Waals surface area contributed by atoms with E-state index in [0.29, 0.717) is 17.9 Å². The molecule has 0 unspecified atom stereocenters. The van der Waals surface area contributed by atoms with Crippen LogP contribution in [0.3, 0.4) is 0 Å². The number of benzene rings is 2. The van der Waals surface area contributed by atoms with Gasteiger partial charge in [0.05, 0.1) is 10.4 Å². The number of carbonyl (C=O) groups excluding carboxylic acids is 1. The molecule has 4 aromatic rings. The van der Waals surface area contributed by atoms with Crippen LogP contribution >= 0.6 is 11.3 Å². The third-order valence-electron chi connectivity index (χ3n) is 6.39. The smallest absolute Gasteiger partial charge is 0.261 e. The van der Waals surface area contributed by atoms with Gasteiger partial charge in [-0.2, -0.15) is 4.98 Å². The molecule has 2 aromatic carbocycles. The molecule has 2 aromatic heterocycles. The van der Waals surface area contributed by atoms with Crippen molar-refractivity contribution in [3.63, 3.8) is 0 Å². The number of hydrogen-bond donors (Lipinski definition) is 2. The van der Waals surface area contributed by atoms with Gasteiger partial charge in [0.1, 0.15) is 5.82 Å². The molecule has 1 saturated carbocycles. The van der Waals surface area contributed by atoms with E-state index in [1.807, 2.05) is 55.4 Å². The molecule has 1 aliphatic carbocycles. The van der Waals surface area contributed by atoms with E-state index in [-0.39, 0.29) is 5.91 Å². The fourth-order valence-electron chi connectivity index (χ4n) is 4.58. The van der Waals surface area contributed by atoms with Gasteiger partial charge in [-0.15, -0.1) is 11.3 Å². The Bertz CT molecular complexity index is 1240. The molecule has 33 heavy (non-hydrogen) atoms.